The second-order valence-electron chi connectivity index (χ2n) is 5.52. The second kappa shape index (κ2) is 9.07. The van der Waals surface area contributed by atoms with Crippen LogP contribution >= 0.6 is 0 Å². The lowest BCUT2D eigenvalue weighted by molar-refractivity contribution is 0.667. The molecule has 0 bridgehead atoms. The maximum atomic E-state index is 3.36. The molecule has 1 unspecified atom stereocenters. The molecule has 2 aromatic carbocycles. The van der Waals surface area contributed by atoms with Gasteiger partial charge in [-0.1, -0.05) is 73.7 Å². The Morgan fingerprint density at radius 2 is 1.95 bits per heavy atom. The van der Waals surface area contributed by atoms with Gasteiger partial charge in [-0.2, -0.15) is 0 Å². The normalized spacial score (nSPS) is 12.3. The van der Waals surface area contributed by atoms with Gasteiger partial charge in [-0.3, -0.25) is 0 Å². The fraction of sp³-hybridized carbons (Fsp3) is 0.333. The number of allylic oxidation sites excluding steroid dienone is 1. The summed E-state index contributed by atoms with van der Waals surface area (Å²) < 4.78 is 0. The summed E-state index contributed by atoms with van der Waals surface area (Å²) in [4.78, 5) is 0. The highest BCUT2D eigenvalue weighted by molar-refractivity contribution is 5.85. The van der Waals surface area contributed by atoms with Crippen LogP contribution in [0.25, 0.3) is 10.8 Å². The highest BCUT2D eigenvalue weighted by Gasteiger charge is 2.06. The van der Waals surface area contributed by atoms with Gasteiger partial charge in [0.25, 0.3) is 0 Å². The van der Waals surface area contributed by atoms with Gasteiger partial charge < -0.3 is 5.32 Å². The van der Waals surface area contributed by atoms with Crippen molar-refractivity contribution in [3.63, 3.8) is 0 Å². The first-order chi connectivity index (χ1) is 10.8. The molecule has 22 heavy (non-hydrogen) atoms. The van der Waals surface area contributed by atoms with Gasteiger partial charge in [0, 0.05) is 12.5 Å². The lowest BCUT2D eigenvalue weighted by Crippen LogP contribution is -2.25. The summed E-state index contributed by atoms with van der Waals surface area (Å²) in [5.41, 5.74) is 1.38. The zero-order valence-corrected chi connectivity index (χ0v) is 13.6. The van der Waals surface area contributed by atoms with Crippen LogP contribution in [-0.4, -0.2) is 13.1 Å². The fourth-order valence-electron chi connectivity index (χ4n) is 2.53. The van der Waals surface area contributed by atoms with Crippen molar-refractivity contribution in [1.29, 1.82) is 0 Å². The third-order valence-corrected chi connectivity index (χ3v) is 3.86. The molecule has 0 spiro atoms. The number of hydrogen-bond donors (Lipinski definition) is 1. The third kappa shape index (κ3) is 4.76. The first-order valence-corrected chi connectivity index (χ1v) is 8.14. The first-order valence-electron chi connectivity index (χ1n) is 8.14. The maximum absolute atomic E-state index is 3.36. The van der Waals surface area contributed by atoms with E-state index >= 15 is 0 Å². The van der Waals surface area contributed by atoms with Crippen LogP contribution in [0.3, 0.4) is 0 Å². The lowest BCUT2D eigenvalue weighted by Gasteiger charge is -2.13. The van der Waals surface area contributed by atoms with Gasteiger partial charge in [-0.05, 0) is 42.3 Å². The van der Waals surface area contributed by atoms with E-state index in [2.05, 4.69) is 72.6 Å². The van der Waals surface area contributed by atoms with Crippen molar-refractivity contribution in [2.24, 2.45) is 0 Å². The van der Waals surface area contributed by atoms with Crippen molar-refractivity contribution in [3.8, 4) is 11.8 Å². The van der Waals surface area contributed by atoms with Gasteiger partial charge in [0.05, 0.1) is 0 Å². The van der Waals surface area contributed by atoms with E-state index in [1.54, 1.807) is 0 Å². The number of hydrogen-bond acceptors (Lipinski definition) is 1. The Balaban J connectivity index is 2.05. The number of likely N-dealkylation sites (N-methyl/N-ethyl adjacent to an activating group) is 1. The molecule has 0 aliphatic heterocycles. The minimum absolute atomic E-state index is 0.311. The van der Waals surface area contributed by atoms with Gasteiger partial charge in [0.2, 0.25) is 0 Å². The molecule has 2 rings (SSSR count). The SMILES string of the molecule is CCCCC#C/C=C/C(Cc1cccc2ccccc12)NC. The van der Waals surface area contributed by atoms with Crippen molar-refractivity contribution in [3.05, 3.63) is 60.2 Å². The molecule has 0 radical (unpaired) electrons. The zero-order chi connectivity index (χ0) is 15.6. The Kier molecular flexibility index (Phi) is 6.74. The largest absolute Gasteiger partial charge is 0.313 e. The van der Waals surface area contributed by atoms with E-state index in [9.17, 15) is 0 Å². The molecule has 0 saturated heterocycles. The molecule has 1 N–H and O–H groups in total. The molecule has 0 saturated carbocycles. The summed E-state index contributed by atoms with van der Waals surface area (Å²) in [6.45, 7) is 2.19. The molecule has 0 aliphatic rings. The number of fused-ring (bicyclic) bond motifs is 1. The third-order valence-electron chi connectivity index (χ3n) is 3.86. The minimum Gasteiger partial charge on any atom is -0.313 e. The summed E-state index contributed by atoms with van der Waals surface area (Å²) >= 11 is 0. The van der Waals surface area contributed by atoms with Crippen LogP contribution in [-0.2, 0) is 6.42 Å². The van der Waals surface area contributed by atoms with Crippen LogP contribution in [0.2, 0.25) is 0 Å². The molecule has 114 valence electrons. The Hall–Kier alpha value is -2.04. The molecule has 2 aromatic rings. The molecule has 0 amide bonds. The van der Waals surface area contributed by atoms with Crippen LogP contribution in [0, 0.1) is 11.8 Å². The summed E-state index contributed by atoms with van der Waals surface area (Å²) in [7, 11) is 2.00. The Morgan fingerprint density at radius 3 is 2.77 bits per heavy atom. The Labute approximate surface area is 134 Å². The highest BCUT2D eigenvalue weighted by Crippen LogP contribution is 2.19. The molecule has 0 aliphatic carbocycles. The minimum atomic E-state index is 0.311. The first kappa shape index (κ1) is 16.3. The Bertz CT molecular complexity index is 668. The molecule has 0 fully saturated rings. The van der Waals surface area contributed by atoms with Crippen LogP contribution < -0.4 is 5.32 Å². The molecular weight excluding hydrogens is 266 g/mol. The standard InChI is InChI=1S/C21H25N/c1-3-4-5-6-7-8-15-20(22-2)17-19-14-11-13-18-12-9-10-16-21(18)19/h8-16,20,22H,3-5,17H2,1-2H3/b15-8+. The average Bonchev–Trinajstić information content (AvgIpc) is 2.57. The highest BCUT2D eigenvalue weighted by atomic mass is 14.9. The van der Waals surface area contributed by atoms with Crippen LogP contribution in [0.15, 0.2) is 54.6 Å². The average molecular weight is 291 g/mol. The van der Waals surface area contributed by atoms with Crippen molar-refractivity contribution in [1.82, 2.24) is 5.32 Å². The van der Waals surface area contributed by atoms with Gasteiger partial charge in [0.1, 0.15) is 0 Å². The van der Waals surface area contributed by atoms with E-state index in [1.165, 1.54) is 29.2 Å². The number of unbranched alkanes of at least 4 members (excludes halogenated alkanes) is 2. The van der Waals surface area contributed by atoms with Gasteiger partial charge in [-0.15, -0.1) is 0 Å². The van der Waals surface area contributed by atoms with E-state index in [0.717, 1.165) is 12.8 Å². The van der Waals surface area contributed by atoms with Gasteiger partial charge in [-0.25, -0.2) is 0 Å². The van der Waals surface area contributed by atoms with E-state index in [0.29, 0.717) is 6.04 Å². The quantitative estimate of drug-likeness (QED) is 0.600. The van der Waals surface area contributed by atoms with E-state index in [4.69, 9.17) is 0 Å². The monoisotopic (exact) mass is 291 g/mol. The lowest BCUT2D eigenvalue weighted by atomic mass is 9.98. The van der Waals surface area contributed by atoms with E-state index in [1.807, 2.05) is 13.1 Å². The van der Waals surface area contributed by atoms with Crippen molar-refractivity contribution in [2.45, 2.75) is 38.6 Å². The summed E-state index contributed by atoms with van der Waals surface area (Å²) in [5.74, 6) is 6.33. The fourth-order valence-corrected chi connectivity index (χ4v) is 2.53. The number of nitrogens with one attached hydrogen (secondary N) is 1. The van der Waals surface area contributed by atoms with E-state index in [-0.39, 0.29) is 0 Å². The second-order valence-corrected chi connectivity index (χ2v) is 5.52. The Morgan fingerprint density at radius 1 is 1.14 bits per heavy atom. The summed E-state index contributed by atoms with van der Waals surface area (Å²) in [5, 5.41) is 6.01. The zero-order valence-electron chi connectivity index (χ0n) is 13.6. The smallest absolute Gasteiger partial charge is 0.0297 e. The van der Waals surface area contributed by atoms with Crippen LogP contribution in [0.5, 0.6) is 0 Å². The van der Waals surface area contributed by atoms with Gasteiger partial charge in [0.15, 0.2) is 0 Å². The van der Waals surface area contributed by atoms with Crippen LogP contribution in [0.4, 0.5) is 0 Å². The molecule has 0 aromatic heterocycles. The summed E-state index contributed by atoms with van der Waals surface area (Å²) in [6, 6.07) is 15.4. The molecular formula is C21H25N. The number of rotatable bonds is 6. The molecule has 1 atom stereocenters. The van der Waals surface area contributed by atoms with E-state index < -0.39 is 0 Å². The van der Waals surface area contributed by atoms with Crippen molar-refractivity contribution < 1.29 is 0 Å². The van der Waals surface area contributed by atoms with Crippen LogP contribution in [0.1, 0.15) is 31.7 Å². The van der Waals surface area contributed by atoms with Crippen molar-refractivity contribution >= 4 is 10.8 Å². The maximum Gasteiger partial charge on any atom is 0.0297 e. The topological polar surface area (TPSA) is 12.0 Å². The summed E-state index contributed by atoms with van der Waals surface area (Å²) in [6.07, 6.45) is 8.52. The molecule has 0 heterocycles. The van der Waals surface area contributed by atoms with Crippen molar-refractivity contribution in [2.75, 3.05) is 7.05 Å². The number of benzene rings is 2. The predicted molar refractivity (Wildman–Crippen MR) is 96.9 cm³/mol. The molecule has 1 heteroatoms. The van der Waals surface area contributed by atoms with Gasteiger partial charge >= 0.3 is 0 Å². The predicted octanol–water partition coefficient (Wildman–Crippen LogP) is 4.72. The molecule has 1 nitrogen and oxygen atoms in total.